The summed E-state index contributed by atoms with van der Waals surface area (Å²) in [5.41, 5.74) is 0. The van der Waals surface area contributed by atoms with Crippen molar-refractivity contribution in [2.24, 2.45) is 0 Å². The van der Waals surface area contributed by atoms with Crippen LogP contribution >= 0.6 is 0 Å². The van der Waals surface area contributed by atoms with Crippen molar-refractivity contribution in [1.82, 2.24) is 0 Å². The lowest BCUT2D eigenvalue weighted by molar-refractivity contribution is -0.134. The fourth-order valence-electron chi connectivity index (χ4n) is 0.188. The van der Waals surface area contributed by atoms with E-state index in [-0.39, 0.29) is 0 Å². The van der Waals surface area contributed by atoms with Crippen molar-refractivity contribution >= 4 is 15.8 Å². The molecule has 0 aliphatic heterocycles. The Labute approximate surface area is 47.1 Å². The van der Waals surface area contributed by atoms with Gasteiger partial charge < -0.3 is 5.11 Å². The van der Waals surface area contributed by atoms with Crippen molar-refractivity contribution in [3.8, 4) is 0 Å². The fourth-order valence-corrected chi connectivity index (χ4v) is 0.564. The first kappa shape index (κ1) is 7.42. The third-order valence-corrected chi connectivity index (χ3v) is 1.03. The molecule has 1 N–H and O–H groups in total. The van der Waals surface area contributed by atoms with Crippen LogP contribution in [0.3, 0.4) is 0 Å². The molecule has 0 aliphatic carbocycles. The Balaban J connectivity index is 3.95. The molecule has 0 amide bonds. The van der Waals surface area contributed by atoms with Crippen LogP contribution in [-0.4, -0.2) is 25.2 Å². The molecule has 0 atom stereocenters. The number of carbonyl (C=O) groups is 1. The zero-order valence-electron chi connectivity index (χ0n) is 3.99. The van der Waals surface area contributed by atoms with Crippen molar-refractivity contribution in [1.29, 1.82) is 0 Å². The zero-order chi connectivity index (χ0) is 6.78. The molecule has 1 radical (unpaired) electrons. The Morgan fingerprint density at radius 3 is 2.00 bits per heavy atom. The predicted molar refractivity (Wildman–Crippen MR) is 26.8 cm³/mol. The van der Waals surface area contributed by atoms with Crippen molar-refractivity contribution < 1.29 is 18.3 Å². The minimum atomic E-state index is -3.57. The van der Waals surface area contributed by atoms with E-state index in [2.05, 4.69) is 6.26 Å². The van der Waals surface area contributed by atoms with Gasteiger partial charge in [0.1, 0.15) is 5.75 Å². The summed E-state index contributed by atoms with van der Waals surface area (Å²) in [5.74, 6) is -2.27. The maximum atomic E-state index is 9.95. The third kappa shape index (κ3) is 5.42. The highest BCUT2D eigenvalue weighted by Gasteiger charge is 2.07. The summed E-state index contributed by atoms with van der Waals surface area (Å²) in [7, 11) is -3.57. The van der Waals surface area contributed by atoms with E-state index in [1.54, 1.807) is 0 Å². The highest BCUT2D eigenvalue weighted by molar-refractivity contribution is 7.93. The van der Waals surface area contributed by atoms with Crippen LogP contribution in [0.15, 0.2) is 0 Å². The summed E-state index contributed by atoms with van der Waals surface area (Å²) in [6.07, 6.45) is 2.60. The van der Waals surface area contributed by atoms with Gasteiger partial charge in [-0.15, -0.1) is 0 Å². The average Bonchev–Trinajstić information content (AvgIpc) is 1.21. The normalized spacial score (nSPS) is 11.1. The Morgan fingerprint density at radius 2 is 2.00 bits per heavy atom. The maximum Gasteiger partial charge on any atom is 0.318 e. The topological polar surface area (TPSA) is 71.4 Å². The molecule has 47 valence electrons. The van der Waals surface area contributed by atoms with Gasteiger partial charge in [-0.3, -0.25) is 4.79 Å². The summed E-state index contributed by atoms with van der Waals surface area (Å²) in [5, 5.41) is 7.83. The molecule has 0 bridgehead atoms. The molecule has 0 rings (SSSR count). The highest BCUT2D eigenvalue weighted by atomic mass is 32.2. The van der Waals surface area contributed by atoms with Gasteiger partial charge in [0, 0.05) is 0 Å². The SMILES string of the molecule is [CH2]S(=O)(=O)CC(=O)O. The number of aliphatic carboxylic acids is 1. The molecule has 0 spiro atoms. The molecule has 0 aromatic heterocycles. The molecule has 8 heavy (non-hydrogen) atoms. The third-order valence-electron chi connectivity index (χ3n) is 0.343. The molecule has 0 aliphatic rings. The van der Waals surface area contributed by atoms with Crippen LogP contribution in [0.4, 0.5) is 0 Å². The largest absolute Gasteiger partial charge is 0.480 e. The molecular formula is C3H5O4S. The first-order chi connectivity index (χ1) is 3.42. The Hall–Kier alpha value is -0.580. The van der Waals surface area contributed by atoms with E-state index < -0.39 is 21.6 Å². The second kappa shape index (κ2) is 2.13. The lowest BCUT2D eigenvalue weighted by atomic mass is 10.8. The van der Waals surface area contributed by atoms with Crippen LogP contribution in [0.25, 0.3) is 0 Å². The number of carboxylic acids is 1. The molecule has 5 heteroatoms. The van der Waals surface area contributed by atoms with E-state index in [1.807, 2.05) is 0 Å². The molecular weight excluding hydrogens is 132 g/mol. The Morgan fingerprint density at radius 1 is 1.62 bits per heavy atom. The summed E-state index contributed by atoms with van der Waals surface area (Å²) >= 11 is 0. The quantitative estimate of drug-likeness (QED) is 0.545. The Bertz CT molecular complexity index is 177. The van der Waals surface area contributed by atoms with Gasteiger partial charge in [-0.1, -0.05) is 0 Å². The molecule has 4 nitrogen and oxygen atoms in total. The monoisotopic (exact) mass is 137 g/mol. The Kier molecular flexibility index (Phi) is 1.97. The standard InChI is InChI=1S/C3H5O4S/c1-8(6,7)2-3(4)5/h1-2H2,(H,4,5). The van der Waals surface area contributed by atoms with Gasteiger partial charge in [0.25, 0.3) is 0 Å². The van der Waals surface area contributed by atoms with Crippen molar-refractivity contribution in [2.75, 3.05) is 5.75 Å². The summed E-state index contributed by atoms with van der Waals surface area (Å²) < 4.78 is 19.9. The van der Waals surface area contributed by atoms with Crippen LogP contribution in [0.2, 0.25) is 0 Å². The van der Waals surface area contributed by atoms with Gasteiger partial charge >= 0.3 is 5.97 Å². The van der Waals surface area contributed by atoms with Gasteiger partial charge in [0.15, 0.2) is 9.84 Å². The molecule has 0 saturated carbocycles. The summed E-state index contributed by atoms with van der Waals surface area (Å²) in [4.78, 5) is 9.60. The first-order valence-electron chi connectivity index (χ1n) is 1.69. The van der Waals surface area contributed by atoms with Crippen molar-refractivity contribution in [3.63, 3.8) is 0 Å². The smallest absolute Gasteiger partial charge is 0.318 e. The molecule has 0 heterocycles. The molecule has 0 aromatic rings. The van der Waals surface area contributed by atoms with Gasteiger partial charge in [-0.25, -0.2) is 8.42 Å². The van der Waals surface area contributed by atoms with Crippen LogP contribution in [0.5, 0.6) is 0 Å². The number of hydrogen-bond acceptors (Lipinski definition) is 3. The molecule has 0 fully saturated rings. The summed E-state index contributed by atoms with van der Waals surface area (Å²) in [6.45, 7) is 0. The van der Waals surface area contributed by atoms with Crippen molar-refractivity contribution in [2.45, 2.75) is 0 Å². The minimum absolute atomic E-state index is 0.896. The van der Waals surface area contributed by atoms with Gasteiger partial charge in [-0.05, 0) is 0 Å². The van der Waals surface area contributed by atoms with E-state index in [0.29, 0.717) is 0 Å². The lowest BCUT2D eigenvalue weighted by Gasteiger charge is -1.86. The van der Waals surface area contributed by atoms with Crippen LogP contribution in [0, 0.1) is 6.26 Å². The van der Waals surface area contributed by atoms with E-state index in [1.165, 1.54) is 0 Å². The minimum Gasteiger partial charge on any atom is -0.480 e. The van der Waals surface area contributed by atoms with Gasteiger partial charge in [0.05, 0.1) is 6.26 Å². The summed E-state index contributed by atoms with van der Waals surface area (Å²) in [6, 6.07) is 0. The zero-order valence-corrected chi connectivity index (χ0v) is 4.81. The first-order valence-corrected chi connectivity index (χ1v) is 3.51. The van der Waals surface area contributed by atoms with Crippen LogP contribution in [-0.2, 0) is 14.6 Å². The van der Waals surface area contributed by atoms with Gasteiger partial charge in [0.2, 0.25) is 0 Å². The van der Waals surface area contributed by atoms with E-state index in [0.717, 1.165) is 0 Å². The molecule has 0 saturated heterocycles. The second-order valence-corrected chi connectivity index (χ2v) is 3.06. The molecule has 0 aromatic carbocycles. The average molecular weight is 137 g/mol. The second-order valence-electron chi connectivity index (χ2n) is 1.28. The van der Waals surface area contributed by atoms with Crippen LogP contribution in [0.1, 0.15) is 0 Å². The maximum absolute atomic E-state index is 9.95. The number of hydrogen-bond donors (Lipinski definition) is 1. The van der Waals surface area contributed by atoms with Crippen LogP contribution < -0.4 is 0 Å². The van der Waals surface area contributed by atoms with Crippen molar-refractivity contribution in [3.05, 3.63) is 6.26 Å². The van der Waals surface area contributed by atoms with E-state index >= 15 is 0 Å². The fraction of sp³-hybridized carbons (Fsp3) is 0.333. The van der Waals surface area contributed by atoms with E-state index in [9.17, 15) is 13.2 Å². The highest BCUT2D eigenvalue weighted by Crippen LogP contribution is 1.82. The van der Waals surface area contributed by atoms with E-state index in [4.69, 9.17) is 5.11 Å². The van der Waals surface area contributed by atoms with Gasteiger partial charge in [-0.2, -0.15) is 0 Å². The number of carboxylic acid groups (broad SMARTS) is 1. The number of sulfone groups is 1. The predicted octanol–water partition coefficient (Wildman–Crippen LogP) is -0.723. The lowest BCUT2D eigenvalue weighted by Crippen LogP contribution is -2.10. The molecule has 0 unspecified atom stereocenters. The number of rotatable bonds is 2.